The standard InChI is InChI=1S/C11H19NO4/c1-11(2,3)6-9(13)12-4-5-16-8(7-12)10(14)15/h8H,4-7H2,1-3H3,(H,14,15). The lowest BCUT2D eigenvalue weighted by Gasteiger charge is -2.32. The van der Waals surface area contributed by atoms with Crippen LogP contribution in [0.15, 0.2) is 0 Å². The molecule has 5 heteroatoms. The van der Waals surface area contributed by atoms with Gasteiger partial charge in [0.15, 0.2) is 6.10 Å². The molecule has 16 heavy (non-hydrogen) atoms. The molecule has 0 spiro atoms. The van der Waals surface area contributed by atoms with Gasteiger partial charge in [-0.2, -0.15) is 0 Å². The second-order valence-electron chi connectivity index (χ2n) is 5.27. The van der Waals surface area contributed by atoms with Gasteiger partial charge in [0, 0.05) is 13.0 Å². The van der Waals surface area contributed by atoms with Gasteiger partial charge in [0.2, 0.25) is 5.91 Å². The summed E-state index contributed by atoms with van der Waals surface area (Å²) in [7, 11) is 0. The average molecular weight is 229 g/mol. The zero-order chi connectivity index (χ0) is 12.3. The van der Waals surface area contributed by atoms with Crippen molar-refractivity contribution in [1.82, 2.24) is 4.90 Å². The molecule has 0 saturated carbocycles. The third-order valence-corrected chi connectivity index (χ3v) is 2.38. The van der Waals surface area contributed by atoms with Gasteiger partial charge in [0.05, 0.1) is 13.2 Å². The lowest BCUT2D eigenvalue weighted by molar-refractivity contribution is -0.159. The quantitative estimate of drug-likeness (QED) is 0.758. The largest absolute Gasteiger partial charge is 0.479 e. The molecule has 1 rings (SSSR count). The van der Waals surface area contributed by atoms with E-state index < -0.39 is 12.1 Å². The van der Waals surface area contributed by atoms with Crippen LogP contribution in [0.25, 0.3) is 0 Å². The first-order valence-corrected chi connectivity index (χ1v) is 5.42. The molecule has 1 saturated heterocycles. The molecule has 1 aliphatic heterocycles. The molecule has 1 amide bonds. The minimum Gasteiger partial charge on any atom is -0.479 e. The monoisotopic (exact) mass is 229 g/mol. The highest BCUT2D eigenvalue weighted by Crippen LogP contribution is 2.20. The predicted molar refractivity (Wildman–Crippen MR) is 58.0 cm³/mol. The molecule has 1 fully saturated rings. The van der Waals surface area contributed by atoms with E-state index in [1.165, 1.54) is 0 Å². The van der Waals surface area contributed by atoms with E-state index in [-0.39, 0.29) is 17.9 Å². The summed E-state index contributed by atoms with van der Waals surface area (Å²) in [5.41, 5.74) is -0.0753. The lowest BCUT2D eigenvalue weighted by Crippen LogP contribution is -2.49. The minimum atomic E-state index is -1.01. The zero-order valence-corrected chi connectivity index (χ0v) is 10.0. The maximum atomic E-state index is 11.9. The van der Waals surface area contributed by atoms with Gasteiger partial charge in [-0.25, -0.2) is 4.79 Å². The second kappa shape index (κ2) is 4.82. The fourth-order valence-corrected chi connectivity index (χ4v) is 1.59. The molecule has 1 N–H and O–H groups in total. The van der Waals surface area contributed by atoms with Crippen molar-refractivity contribution in [2.75, 3.05) is 19.7 Å². The molecular formula is C11H19NO4. The summed E-state index contributed by atoms with van der Waals surface area (Å²) >= 11 is 0. The molecule has 1 atom stereocenters. The Kier molecular flexibility index (Phi) is 3.91. The maximum absolute atomic E-state index is 11.9. The fraction of sp³-hybridized carbons (Fsp3) is 0.818. The molecule has 0 bridgehead atoms. The maximum Gasteiger partial charge on any atom is 0.334 e. The van der Waals surface area contributed by atoms with Crippen LogP contribution in [0.1, 0.15) is 27.2 Å². The van der Waals surface area contributed by atoms with E-state index in [0.717, 1.165) is 0 Å². The Morgan fingerprint density at radius 1 is 1.44 bits per heavy atom. The normalized spacial score (nSPS) is 21.9. The number of hydrogen-bond donors (Lipinski definition) is 1. The minimum absolute atomic E-state index is 0.00190. The first-order chi connectivity index (χ1) is 7.29. The Morgan fingerprint density at radius 3 is 2.56 bits per heavy atom. The number of carbonyl (C=O) groups excluding carboxylic acids is 1. The van der Waals surface area contributed by atoms with Gasteiger partial charge in [-0.15, -0.1) is 0 Å². The Morgan fingerprint density at radius 2 is 2.06 bits per heavy atom. The van der Waals surface area contributed by atoms with Crippen LogP contribution in [0.5, 0.6) is 0 Å². The van der Waals surface area contributed by atoms with Gasteiger partial charge >= 0.3 is 5.97 Å². The van der Waals surface area contributed by atoms with Gasteiger partial charge in [-0.05, 0) is 5.41 Å². The third-order valence-electron chi connectivity index (χ3n) is 2.38. The van der Waals surface area contributed by atoms with E-state index in [2.05, 4.69) is 0 Å². The van der Waals surface area contributed by atoms with Crippen molar-refractivity contribution < 1.29 is 19.4 Å². The highest BCUT2D eigenvalue weighted by molar-refractivity contribution is 5.79. The lowest BCUT2D eigenvalue weighted by atomic mass is 9.91. The molecular weight excluding hydrogens is 210 g/mol. The van der Waals surface area contributed by atoms with Crippen molar-refractivity contribution in [2.45, 2.75) is 33.3 Å². The van der Waals surface area contributed by atoms with Crippen LogP contribution < -0.4 is 0 Å². The average Bonchev–Trinajstić information content (AvgIpc) is 2.15. The molecule has 5 nitrogen and oxygen atoms in total. The number of carbonyl (C=O) groups is 2. The summed E-state index contributed by atoms with van der Waals surface area (Å²) in [6, 6.07) is 0. The predicted octanol–water partition coefficient (Wildman–Crippen LogP) is 0.735. The van der Waals surface area contributed by atoms with Crippen molar-refractivity contribution in [3.05, 3.63) is 0 Å². The molecule has 0 aromatic carbocycles. The number of aliphatic carboxylic acids is 1. The summed E-state index contributed by atoms with van der Waals surface area (Å²) in [6.07, 6.45) is -0.447. The van der Waals surface area contributed by atoms with Gasteiger partial charge in [-0.3, -0.25) is 4.79 Å². The third kappa shape index (κ3) is 3.81. The topological polar surface area (TPSA) is 66.8 Å². The smallest absolute Gasteiger partial charge is 0.334 e. The van der Waals surface area contributed by atoms with Crippen LogP contribution in [0, 0.1) is 5.41 Å². The van der Waals surface area contributed by atoms with E-state index in [0.29, 0.717) is 19.6 Å². The van der Waals surface area contributed by atoms with Crippen molar-refractivity contribution >= 4 is 11.9 Å². The van der Waals surface area contributed by atoms with Crippen molar-refractivity contribution in [2.24, 2.45) is 5.41 Å². The molecule has 0 aromatic rings. The van der Waals surface area contributed by atoms with Crippen LogP contribution in [0.4, 0.5) is 0 Å². The van der Waals surface area contributed by atoms with E-state index in [9.17, 15) is 9.59 Å². The Balaban J connectivity index is 2.54. The first-order valence-electron chi connectivity index (χ1n) is 5.42. The number of nitrogens with zero attached hydrogens (tertiary/aromatic N) is 1. The highest BCUT2D eigenvalue weighted by Gasteiger charge is 2.30. The van der Waals surface area contributed by atoms with Crippen molar-refractivity contribution in [3.8, 4) is 0 Å². The molecule has 92 valence electrons. The Bertz CT molecular complexity index is 282. The van der Waals surface area contributed by atoms with Crippen LogP contribution in [0.3, 0.4) is 0 Å². The number of morpholine rings is 1. The molecule has 0 radical (unpaired) electrons. The summed E-state index contributed by atoms with van der Waals surface area (Å²) in [6.45, 7) is 6.90. The Labute approximate surface area is 95.4 Å². The van der Waals surface area contributed by atoms with Crippen LogP contribution in [-0.2, 0) is 14.3 Å². The van der Waals surface area contributed by atoms with E-state index in [1.807, 2.05) is 20.8 Å². The SMILES string of the molecule is CC(C)(C)CC(=O)N1CCOC(C(=O)O)C1. The number of amides is 1. The summed E-state index contributed by atoms with van der Waals surface area (Å²) < 4.78 is 5.06. The zero-order valence-electron chi connectivity index (χ0n) is 10.0. The number of hydrogen-bond acceptors (Lipinski definition) is 3. The first kappa shape index (κ1) is 13.0. The van der Waals surface area contributed by atoms with Gasteiger partial charge in [0.1, 0.15) is 0 Å². The second-order valence-corrected chi connectivity index (χ2v) is 5.27. The van der Waals surface area contributed by atoms with Crippen LogP contribution >= 0.6 is 0 Å². The molecule has 0 aromatic heterocycles. The van der Waals surface area contributed by atoms with Crippen molar-refractivity contribution in [1.29, 1.82) is 0 Å². The summed E-state index contributed by atoms with van der Waals surface area (Å²) in [5.74, 6) is -1.00. The number of carboxylic acid groups (broad SMARTS) is 1. The highest BCUT2D eigenvalue weighted by atomic mass is 16.5. The number of ether oxygens (including phenoxy) is 1. The molecule has 0 aliphatic carbocycles. The Hall–Kier alpha value is -1.10. The van der Waals surface area contributed by atoms with Gasteiger partial charge < -0.3 is 14.7 Å². The van der Waals surface area contributed by atoms with Gasteiger partial charge in [-0.1, -0.05) is 20.8 Å². The van der Waals surface area contributed by atoms with E-state index >= 15 is 0 Å². The molecule has 1 unspecified atom stereocenters. The van der Waals surface area contributed by atoms with E-state index in [1.54, 1.807) is 4.90 Å². The molecule has 1 aliphatic rings. The number of carboxylic acids is 1. The van der Waals surface area contributed by atoms with Crippen molar-refractivity contribution in [3.63, 3.8) is 0 Å². The van der Waals surface area contributed by atoms with Crippen LogP contribution in [0.2, 0.25) is 0 Å². The van der Waals surface area contributed by atoms with Gasteiger partial charge in [0.25, 0.3) is 0 Å². The van der Waals surface area contributed by atoms with Crippen LogP contribution in [-0.4, -0.2) is 47.7 Å². The summed E-state index contributed by atoms with van der Waals surface area (Å²) in [5, 5.41) is 8.81. The summed E-state index contributed by atoms with van der Waals surface area (Å²) in [4.78, 5) is 24.2. The molecule has 1 heterocycles. The van der Waals surface area contributed by atoms with E-state index in [4.69, 9.17) is 9.84 Å². The fourth-order valence-electron chi connectivity index (χ4n) is 1.59. The number of rotatable bonds is 2.